The third-order valence-corrected chi connectivity index (χ3v) is 4.65. The third-order valence-electron chi connectivity index (χ3n) is 4.42. The van der Waals surface area contributed by atoms with Gasteiger partial charge in [0.2, 0.25) is 5.91 Å². The fraction of sp³-hybridized carbons (Fsp3) is 0.500. The van der Waals surface area contributed by atoms with E-state index < -0.39 is 0 Å². The van der Waals surface area contributed by atoms with Gasteiger partial charge in [-0.3, -0.25) is 4.79 Å². The maximum Gasteiger partial charge on any atom is 0.245 e. The molecule has 0 saturated heterocycles. The van der Waals surface area contributed by atoms with Crippen molar-refractivity contribution in [3.8, 4) is 0 Å². The van der Waals surface area contributed by atoms with Crippen LogP contribution in [0.3, 0.4) is 0 Å². The zero-order valence-corrected chi connectivity index (χ0v) is 15.9. The Balaban J connectivity index is 1.83. The Morgan fingerprint density at radius 1 is 1.12 bits per heavy atom. The zero-order valence-electron chi connectivity index (χ0n) is 15.1. The molecule has 1 atom stereocenters. The summed E-state index contributed by atoms with van der Waals surface area (Å²) in [6.45, 7) is 4.12. The molecule has 0 aromatic heterocycles. The average molecular weight is 360 g/mol. The van der Waals surface area contributed by atoms with E-state index in [2.05, 4.69) is 29.8 Å². The molecule has 2 rings (SSSR count). The van der Waals surface area contributed by atoms with Crippen LogP contribution in [0.15, 0.2) is 36.4 Å². The van der Waals surface area contributed by atoms with Crippen LogP contribution >= 0.6 is 12.2 Å². The van der Waals surface area contributed by atoms with Crippen molar-refractivity contribution in [3.05, 3.63) is 42.0 Å². The molecule has 3 N–H and O–H groups in total. The highest BCUT2D eigenvalue weighted by Gasteiger charge is 2.18. The Bertz CT molecular complexity index is 580. The molecule has 4 nitrogen and oxygen atoms in total. The second-order valence-electron chi connectivity index (χ2n) is 6.93. The van der Waals surface area contributed by atoms with Crippen LogP contribution in [0.1, 0.15) is 51.5 Å². The monoisotopic (exact) mass is 359 g/mol. The first-order valence-electron chi connectivity index (χ1n) is 9.15. The maximum absolute atomic E-state index is 12.2. The van der Waals surface area contributed by atoms with Crippen molar-refractivity contribution in [1.82, 2.24) is 16.0 Å². The molecule has 1 aliphatic rings. The first-order valence-corrected chi connectivity index (χ1v) is 9.56. The van der Waals surface area contributed by atoms with Gasteiger partial charge in [-0.1, -0.05) is 63.4 Å². The lowest BCUT2D eigenvalue weighted by molar-refractivity contribution is -0.117. The van der Waals surface area contributed by atoms with Crippen molar-refractivity contribution in [2.45, 2.75) is 58.2 Å². The lowest BCUT2D eigenvalue weighted by Crippen LogP contribution is -2.55. The number of rotatable bonds is 6. The number of nitrogens with one attached hydrogen (secondary N) is 3. The molecule has 1 amide bonds. The first kappa shape index (κ1) is 19.4. The molecule has 0 bridgehead atoms. The summed E-state index contributed by atoms with van der Waals surface area (Å²) in [7, 11) is 0. The van der Waals surface area contributed by atoms with Crippen LogP contribution < -0.4 is 16.0 Å². The normalized spacial score (nSPS) is 16.6. The molecule has 1 aromatic rings. The molecule has 0 radical (unpaired) electrons. The molecule has 1 aliphatic carbocycles. The van der Waals surface area contributed by atoms with E-state index in [0.717, 1.165) is 5.56 Å². The maximum atomic E-state index is 12.2. The van der Waals surface area contributed by atoms with E-state index in [9.17, 15) is 4.79 Å². The lowest BCUT2D eigenvalue weighted by atomic mass is 9.96. The summed E-state index contributed by atoms with van der Waals surface area (Å²) in [6, 6.07) is 10.2. The molecule has 0 heterocycles. The van der Waals surface area contributed by atoms with Gasteiger partial charge in [0.1, 0.15) is 6.17 Å². The Kier molecular flexibility index (Phi) is 7.92. The van der Waals surface area contributed by atoms with Gasteiger partial charge in [-0.15, -0.1) is 0 Å². The van der Waals surface area contributed by atoms with E-state index in [1.54, 1.807) is 6.08 Å². The number of hydrogen-bond acceptors (Lipinski definition) is 2. The van der Waals surface area contributed by atoms with Crippen molar-refractivity contribution in [1.29, 1.82) is 0 Å². The van der Waals surface area contributed by atoms with Crippen LogP contribution in [-0.4, -0.2) is 23.2 Å². The molecule has 5 heteroatoms. The van der Waals surface area contributed by atoms with Gasteiger partial charge in [-0.2, -0.15) is 0 Å². The van der Waals surface area contributed by atoms with Gasteiger partial charge >= 0.3 is 0 Å². The summed E-state index contributed by atoms with van der Waals surface area (Å²) in [4.78, 5) is 12.2. The van der Waals surface area contributed by atoms with Gasteiger partial charge in [0, 0.05) is 12.1 Å². The molecule has 1 fully saturated rings. The van der Waals surface area contributed by atoms with E-state index in [4.69, 9.17) is 12.2 Å². The predicted molar refractivity (Wildman–Crippen MR) is 108 cm³/mol. The SMILES string of the molecule is CC(C)C(NC(=O)/C=C/c1ccccc1)NC(=S)NC1CCCCC1. The smallest absolute Gasteiger partial charge is 0.245 e. The highest BCUT2D eigenvalue weighted by atomic mass is 32.1. The number of hydrogen-bond donors (Lipinski definition) is 3. The van der Waals surface area contributed by atoms with Crippen molar-refractivity contribution >= 4 is 29.3 Å². The second kappa shape index (κ2) is 10.2. The van der Waals surface area contributed by atoms with E-state index in [1.807, 2.05) is 36.4 Å². The first-order chi connectivity index (χ1) is 12.0. The number of amides is 1. The Morgan fingerprint density at radius 2 is 1.80 bits per heavy atom. The summed E-state index contributed by atoms with van der Waals surface area (Å²) >= 11 is 5.43. The molecule has 1 aromatic carbocycles. The highest BCUT2D eigenvalue weighted by molar-refractivity contribution is 7.80. The zero-order chi connectivity index (χ0) is 18.1. The molecule has 0 aliphatic heterocycles. The third kappa shape index (κ3) is 7.26. The van der Waals surface area contributed by atoms with Crippen molar-refractivity contribution in [2.24, 2.45) is 5.92 Å². The van der Waals surface area contributed by atoms with E-state index in [1.165, 1.54) is 32.1 Å². The number of carbonyl (C=O) groups is 1. The molecular weight excluding hydrogens is 330 g/mol. The fourth-order valence-corrected chi connectivity index (χ4v) is 3.22. The fourth-order valence-electron chi connectivity index (χ4n) is 2.92. The summed E-state index contributed by atoms with van der Waals surface area (Å²) in [5.74, 6) is 0.0932. The summed E-state index contributed by atoms with van der Waals surface area (Å²) < 4.78 is 0. The Morgan fingerprint density at radius 3 is 2.44 bits per heavy atom. The van der Waals surface area contributed by atoms with Crippen molar-refractivity contribution in [3.63, 3.8) is 0 Å². The Labute approximate surface area is 156 Å². The van der Waals surface area contributed by atoms with E-state index in [0.29, 0.717) is 11.2 Å². The van der Waals surface area contributed by atoms with E-state index >= 15 is 0 Å². The quantitative estimate of drug-likeness (QED) is 0.413. The minimum atomic E-state index is -0.198. The van der Waals surface area contributed by atoms with E-state index in [-0.39, 0.29) is 18.0 Å². The lowest BCUT2D eigenvalue weighted by Gasteiger charge is -2.28. The van der Waals surface area contributed by atoms with Crippen LogP contribution in [0.4, 0.5) is 0 Å². The minimum Gasteiger partial charge on any atom is -0.360 e. The second-order valence-corrected chi connectivity index (χ2v) is 7.34. The average Bonchev–Trinajstić information content (AvgIpc) is 2.61. The van der Waals surface area contributed by atoms with Crippen molar-refractivity contribution < 1.29 is 4.79 Å². The van der Waals surface area contributed by atoms with Gasteiger partial charge < -0.3 is 16.0 Å². The predicted octanol–water partition coefficient (Wildman–Crippen LogP) is 3.59. The van der Waals surface area contributed by atoms with Crippen LogP contribution in [-0.2, 0) is 4.79 Å². The number of benzene rings is 1. The molecule has 1 saturated carbocycles. The summed E-state index contributed by atoms with van der Waals surface area (Å²) in [6.07, 6.45) is 9.34. The number of carbonyl (C=O) groups excluding carboxylic acids is 1. The largest absolute Gasteiger partial charge is 0.360 e. The molecular formula is C20H29N3OS. The van der Waals surface area contributed by atoms with Crippen molar-refractivity contribution in [2.75, 3.05) is 0 Å². The van der Waals surface area contributed by atoms with Gasteiger partial charge in [0.05, 0.1) is 0 Å². The molecule has 1 unspecified atom stereocenters. The van der Waals surface area contributed by atoms with Crippen LogP contribution in [0.5, 0.6) is 0 Å². The summed E-state index contributed by atoms with van der Waals surface area (Å²) in [5.41, 5.74) is 1.00. The molecule has 25 heavy (non-hydrogen) atoms. The highest BCUT2D eigenvalue weighted by Crippen LogP contribution is 2.17. The van der Waals surface area contributed by atoms with Gasteiger partial charge in [-0.25, -0.2) is 0 Å². The van der Waals surface area contributed by atoms with Gasteiger partial charge in [0.25, 0.3) is 0 Å². The summed E-state index contributed by atoms with van der Waals surface area (Å²) in [5, 5.41) is 10.2. The van der Waals surface area contributed by atoms with Gasteiger partial charge in [0.15, 0.2) is 5.11 Å². The van der Waals surface area contributed by atoms with Crippen LogP contribution in [0, 0.1) is 5.92 Å². The number of thiocarbonyl (C=S) groups is 1. The standard InChI is InChI=1S/C20H29N3OS/c1-15(2)19(23-20(25)21-17-11-7-4-8-12-17)22-18(24)14-13-16-9-5-3-6-10-16/h3,5-6,9-10,13-15,17,19H,4,7-8,11-12H2,1-2H3,(H,22,24)(H2,21,23,25)/b14-13+. The topological polar surface area (TPSA) is 53.2 Å². The molecule has 136 valence electrons. The Hall–Kier alpha value is -1.88. The van der Waals surface area contributed by atoms with Gasteiger partial charge in [-0.05, 0) is 42.6 Å². The minimum absolute atomic E-state index is 0.129. The molecule has 0 spiro atoms. The van der Waals surface area contributed by atoms with Crippen LogP contribution in [0.25, 0.3) is 6.08 Å². The van der Waals surface area contributed by atoms with Crippen LogP contribution in [0.2, 0.25) is 0 Å².